The van der Waals surface area contributed by atoms with Gasteiger partial charge in [0.1, 0.15) is 11.8 Å². The van der Waals surface area contributed by atoms with Gasteiger partial charge in [-0.15, -0.1) is 0 Å². The Bertz CT molecular complexity index is 696. The predicted octanol–water partition coefficient (Wildman–Crippen LogP) is 3.34. The Balaban J connectivity index is 1.99. The quantitative estimate of drug-likeness (QED) is 0.803. The third-order valence-corrected chi connectivity index (χ3v) is 3.40. The van der Waals surface area contributed by atoms with E-state index in [-0.39, 0.29) is 11.7 Å². The molecule has 0 saturated heterocycles. The Morgan fingerprint density at radius 2 is 1.74 bits per heavy atom. The van der Waals surface area contributed by atoms with Gasteiger partial charge in [0.15, 0.2) is 5.78 Å². The fraction of sp³-hybridized carbons (Fsp3) is 0.222. The van der Waals surface area contributed by atoms with Gasteiger partial charge < -0.3 is 15.4 Å². The van der Waals surface area contributed by atoms with Gasteiger partial charge in [-0.25, -0.2) is 0 Å². The topological polar surface area (TPSA) is 67.4 Å². The average molecular weight is 312 g/mol. The molecule has 1 atom stereocenters. The molecule has 0 bridgehead atoms. The minimum atomic E-state index is -0.427. The molecule has 0 fully saturated rings. The lowest BCUT2D eigenvalue weighted by Gasteiger charge is -2.16. The van der Waals surface area contributed by atoms with Gasteiger partial charge in [-0.2, -0.15) is 0 Å². The highest BCUT2D eigenvalue weighted by atomic mass is 16.5. The van der Waals surface area contributed by atoms with Crippen molar-refractivity contribution in [2.75, 3.05) is 17.7 Å². The average Bonchev–Trinajstić information content (AvgIpc) is 2.55. The molecular formula is C18H20N2O3. The zero-order valence-corrected chi connectivity index (χ0v) is 13.4. The minimum Gasteiger partial charge on any atom is -0.497 e. The van der Waals surface area contributed by atoms with Crippen LogP contribution in [0.25, 0.3) is 0 Å². The standard InChI is InChI=1S/C18H20N2O3/c1-12(19-15-7-9-17(23-3)10-8-15)18(22)20-16-6-4-5-14(11-16)13(2)21/h4-12,19H,1-3H3,(H,20,22)/t12-/m1/s1. The van der Waals surface area contributed by atoms with Crippen LogP contribution in [0.2, 0.25) is 0 Å². The summed E-state index contributed by atoms with van der Waals surface area (Å²) in [5.41, 5.74) is 2.00. The summed E-state index contributed by atoms with van der Waals surface area (Å²) in [6.07, 6.45) is 0. The normalized spacial score (nSPS) is 11.4. The molecule has 0 heterocycles. The highest BCUT2D eigenvalue weighted by molar-refractivity contribution is 5.99. The highest BCUT2D eigenvalue weighted by Gasteiger charge is 2.13. The van der Waals surface area contributed by atoms with E-state index in [1.807, 2.05) is 24.3 Å². The van der Waals surface area contributed by atoms with Crippen molar-refractivity contribution in [3.8, 4) is 5.75 Å². The van der Waals surface area contributed by atoms with E-state index >= 15 is 0 Å². The van der Waals surface area contributed by atoms with Crippen LogP contribution in [0.5, 0.6) is 5.75 Å². The van der Waals surface area contributed by atoms with E-state index < -0.39 is 6.04 Å². The van der Waals surface area contributed by atoms with Crippen LogP contribution in [0.3, 0.4) is 0 Å². The van der Waals surface area contributed by atoms with Gasteiger partial charge >= 0.3 is 0 Å². The molecule has 1 amide bonds. The summed E-state index contributed by atoms with van der Waals surface area (Å²) in [6, 6.07) is 13.8. The molecule has 0 aromatic heterocycles. The van der Waals surface area contributed by atoms with Gasteiger partial charge in [-0.1, -0.05) is 12.1 Å². The number of benzene rings is 2. The Hall–Kier alpha value is -2.82. The van der Waals surface area contributed by atoms with Gasteiger partial charge in [0.2, 0.25) is 5.91 Å². The van der Waals surface area contributed by atoms with Crippen molar-refractivity contribution >= 4 is 23.1 Å². The Morgan fingerprint density at radius 3 is 2.35 bits per heavy atom. The van der Waals surface area contributed by atoms with E-state index in [2.05, 4.69) is 10.6 Å². The SMILES string of the molecule is COc1ccc(N[C@H](C)C(=O)Nc2cccc(C(C)=O)c2)cc1. The predicted molar refractivity (Wildman–Crippen MR) is 91.2 cm³/mol. The second-order valence-electron chi connectivity index (χ2n) is 5.22. The van der Waals surface area contributed by atoms with E-state index in [1.54, 1.807) is 38.3 Å². The van der Waals surface area contributed by atoms with Crippen molar-refractivity contribution in [1.29, 1.82) is 0 Å². The summed E-state index contributed by atoms with van der Waals surface area (Å²) in [5.74, 6) is 0.542. The molecule has 0 saturated carbocycles. The van der Waals surface area contributed by atoms with Gasteiger partial charge in [0.25, 0.3) is 0 Å². The van der Waals surface area contributed by atoms with Gasteiger partial charge in [-0.05, 0) is 50.2 Å². The zero-order chi connectivity index (χ0) is 16.8. The number of hydrogen-bond acceptors (Lipinski definition) is 4. The highest BCUT2D eigenvalue weighted by Crippen LogP contribution is 2.16. The van der Waals surface area contributed by atoms with Crippen LogP contribution in [-0.4, -0.2) is 24.8 Å². The molecule has 0 unspecified atom stereocenters. The third-order valence-electron chi connectivity index (χ3n) is 3.40. The molecule has 2 rings (SSSR count). The van der Waals surface area contributed by atoms with E-state index in [4.69, 9.17) is 4.74 Å². The minimum absolute atomic E-state index is 0.0366. The first-order valence-electron chi connectivity index (χ1n) is 7.32. The lowest BCUT2D eigenvalue weighted by molar-refractivity contribution is -0.116. The van der Waals surface area contributed by atoms with Crippen LogP contribution in [0.4, 0.5) is 11.4 Å². The van der Waals surface area contributed by atoms with Crippen molar-refractivity contribution in [2.24, 2.45) is 0 Å². The third kappa shape index (κ3) is 4.57. The van der Waals surface area contributed by atoms with E-state index in [0.717, 1.165) is 11.4 Å². The van der Waals surface area contributed by atoms with Crippen LogP contribution in [0, 0.1) is 0 Å². The summed E-state index contributed by atoms with van der Waals surface area (Å²) in [5, 5.41) is 5.92. The lowest BCUT2D eigenvalue weighted by atomic mass is 10.1. The number of Topliss-reactive ketones (excluding diaryl/α,β-unsaturated/α-hetero) is 1. The van der Waals surface area contributed by atoms with Crippen LogP contribution in [-0.2, 0) is 4.79 Å². The molecule has 5 heteroatoms. The van der Waals surface area contributed by atoms with Crippen molar-refractivity contribution in [3.05, 3.63) is 54.1 Å². The molecule has 120 valence electrons. The second kappa shape index (κ2) is 7.45. The number of nitrogens with one attached hydrogen (secondary N) is 2. The molecule has 2 N–H and O–H groups in total. The first-order valence-corrected chi connectivity index (χ1v) is 7.32. The van der Waals surface area contributed by atoms with Crippen LogP contribution >= 0.6 is 0 Å². The molecule has 0 radical (unpaired) electrons. The van der Waals surface area contributed by atoms with Crippen LogP contribution < -0.4 is 15.4 Å². The molecular weight excluding hydrogens is 292 g/mol. The Labute approximate surface area is 135 Å². The smallest absolute Gasteiger partial charge is 0.246 e. The number of carbonyl (C=O) groups excluding carboxylic acids is 2. The van der Waals surface area contributed by atoms with Crippen LogP contribution in [0.15, 0.2) is 48.5 Å². The molecule has 0 aliphatic heterocycles. The summed E-state index contributed by atoms with van der Waals surface area (Å²) in [7, 11) is 1.60. The first kappa shape index (κ1) is 16.5. The monoisotopic (exact) mass is 312 g/mol. The number of carbonyl (C=O) groups is 2. The number of methoxy groups -OCH3 is 1. The van der Waals surface area contributed by atoms with Crippen molar-refractivity contribution in [3.63, 3.8) is 0 Å². The molecule has 2 aromatic rings. The van der Waals surface area contributed by atoms with Crippen molar-refractivity contribution in [1.82, 2.24) is 0 Å². The fourth-order valence-electron chi connectivity index (χ4n) is 2.07. The second-order valence-corrected chi connectivity index (χ2v) is 5.22. The number of hydrogen-bond donors (Lipinski definition) is 2. The number of ether oxygens (including phenoxy) is 1. The van der Waals surface area contributed by atoms with Crippen molar-refractivity contribution < 1.29 is 14.3 Å². The van der Waals surface area contributed by atoms with Gasteiger partial charge in [0.05, 0.1) is 7.11 Å². The van der Waals surface area contributed by atoms with Gasteiger partial charge in [-0.3, -0.25) is 9.59 Å². The molecule has 5 nitrogen and oxygen atoms in total. The summed E-state index contributed by atoms with van der Waals surface area (Å²) < 4.78 is 5.10. The molecule has 0 aliphatic rings. The largest absolute Gasteiger partial charge is 0.497 e. The molecule has 2 aromatic carbocycles. The molecule has 23 heavy (non-hydrogen) atoms. The summed E-state index contributed by atoms with van der Waals surface area (Å²) in [6.45, 7) is 3.27. The van der Waals surface area contributed by atoms with Gasteiger partial charge in [0, 0.05) is 16.9 Å². The zero-order valence-electron chi connectivity index (χ0n) is 13.4. The maximum atomic E-state index is 12.2. The Kier molecular flexibility index (Phi) is 5.36. The fourth-order valence-corrected chi connectivity index (χ4v) is 2.07. The number of anilines is 2. The first-order chi connectivity index (χ1) is 11.0. The molecule has 0 aliphatic carbocycles. The number of rotatable bonds is 6. The Morgan fingerprint density at radius 1 is 1.04 bits per heavy atom. The van der Waals surface area contributed by atoms with E-state index in [1.165, 1.54) is 6.92 Å². The maximum absolute atomic E-state index is 12.2. The number of ketones is 1. The maximum Gasteiger partial charge on any atom is 0.246 e. The summed E-state index contributed by atoms with van der Waals surface area (Å²) >= 11 is 0. The summed E-state index contributed by atoms with van der Waals surface area (Å²) in [4.78, 5) is 23.6. The van der Waals surface area contributed by atoms with Crippen molar-refractivity contribution in [2.45, 2.75) is 19.9 Å². The van der Waals surface area contributed by atoms with Crippen LogP contribution in [0.1, 0.15) is 24.2 Å². The molecule has 0 spiro atoms. The lowest BCUT2D eigenvalue weighted by Crippen LogP contribution is -2.31. The van der Waals surface area contributed by atoms with E-state index in [9.17, 15) is 9.59 Å². The number of amides is 1. The van der Waals surface area contributed by atoms with E-state index in [0.29, 0.717) is 11.3 Å².